The topological polar surface area (TPSA) is 108 Å². The number of carbonyl (C=O) groups excluding carboxylic acids is 1. The fourth-order valence-corrected chi connectivity index (χ4v) is 7.26. The van der Waals surface area contributed by atoms with E-state index in [2.05, 4.69) is 43.5 Å². The first-order valence-corrected chi connectivity index (χ1v) is 24.1. The number of unbranched alkanes of at least 4 members (excludes halogenated alkanes) is 24. The van der Waals surface area contributed by atoms with E-state index in [1.54, 1.807) is 0 Å². The van der Waals surface area contributed by atoms with Crippen LogP contribution in [0.15, 0.2) is 24.3 Å². The van der Waals surface area contributed by atoms with Gasteiger partial charge in [-0.1, -0.05) is 179 Å². The summed E-state index contributed by atoms with van der Waals surface area (Å²) in [6.45, 7) is 4.69. The summed E-state index contributed by atoms with van der Waals surface area (Å²) in [5.41, 5.74) is 0. The summed E-state index contributed by atoms with van der Waals surface area (Å²) in [6.07, 6.45) is 43.2. The zero-order valence-electron chi connectivity index (χ0n) is 36.2. The summed E-state index contributed by atoms with van der Waals surface area (Å²) in [7, 11) is 1.30. The quantitative estimate of drug-likeness (QED) is 0.0277. The fraction of sp³-hybridized carbons (Fsp3) is 0.889. The average Bonchev–Trinajstić information content (AvgIpc) is 3.12. The lowest BCUT2D eigenvalue weighted by atomic mass is 10.0. The molecular formula is C45H89N2O6P. The van der Waals surface area contributed by atoms with E-state index < -0.39 is 20.0 Å². The highest BCUT2D eigenvalue weighted by Crippen LogP contribution is 2.38. The molecule has 2 N–H and O–H groups in total. The average molecular weight is 785 g/mol. The van der Waals surface area contributed by atoms with Gasteiger partial charge in [-0.05, 0) is 44.9 Å². The van der Waals surface area contributed by atoms with Crippen LogP contribution < -0.4 is 10.2 Å². The van der Waals surface area contributed by atoms with Crippen molar-refractivity contribution in [1.82, 2.24) is 5.32 Å². The number of rotatable bonds is 41. The number of carbonyl (C=O) groups is 1. The predicted octanol–water partition coefficient (Wildman–Crippen LogP) is 11.9. The van der Waals surface area contributed by atoms with Gasteiger partial charge in [-0.15, -0.1) is 0 Å². The van der Waals surface area contributed by atoms with E-state index in [-0.39, 0.29) is 19.1 Å². The van der Waals surface area contributed by atoms with Gasteiger partial charge in [0.1, 0.15) is 13.2 Å². The van der Waals surface area contributed by atoms with Crippen LogP contribution in [0.5, 0.6) is 0 Å². The van der Waals surface area contributed by atoms with Gasteiger partial charge >= 0.3 is 0 Å². The SMILES string of the molecule is CCCCC/C=C\C/C=C\CCCCCCCC(=O)NC(COP(=O)([O-])OCC[N+](C)(C)C)C(O)CCCCCCCCCCCCCCCCCCC. The normalized spacial score (nSPS) is 14.6. The van der Waals surface area contributed by atoms with Crippen LogP contribution in [-0.4, -0.2) is 68.5 Å². The van der Waals surface area contributed by atoms with E-state index in [1.807, 2.05) is 21.1 Å². The lowest BCUT2D eigenvalue weighted by Crippen LogP contribution is -2.46. The number of phosphoric ester groups is 1. The van der Waals surface area contributed by atoms with Gasteiger partial charge in [0.15, 0.2) is 0 Å². The van der Waals surface area contributed by atoms with E-state index >= 15 is 0 Å². The molecule has 0 aromatic carbocycles. The van der Waals surface area contributed by atoms with Gasteiger partial charge in [0.05, 0.1) is 39.9 Å². The molecule has 3 atom stereocenters. The Morgan fingerprint density at radius 2 is 1.07 bits per heavy atom. The number of amides is 1. The molecule has 0 aliphatic carbocycles. The molecule has 0 aromatic heterocycles. The molecule has 0 saturated heterocycles. The number of aliphatic hydroxyl groups excluding tert-OH is 1. The van der Waals surface area contributed by atoms with Crippen molar-refractivity contribution in [2.75, 3.05) is 40.9 Å². The lowest BCUT2D eigenvalue weighted by Gasteiger charge is -2.30. The Kier molecular flexibility index (Phi) is 36.8. The molecule has 0 heterocycles. The second kappa shape index (κ2) is 37.6. The number of nitrogens with one attached hydrogen (secondary N) is 1. The summed E-state index contributed by atoms with van der Waals surface area (Å²) in [4.78, 5) is 25.3. The number of hydrogen-bond donors (Lipinski definition) is 2. The molecule has 0 aliphatic rings. The third-order valence-electron chi connectivity index (χ3n) is 10.2. The van der Waals surface area contributed by atoms with E-state index in [9.17, 15) is 19.4 Å². The first-order valence-electron chi connectivity index (χ1n) is 22.7. The van der Waals surface area contributed by atoms with Crippen LogP contribution in [-0.2, 0) is 18.4 Å². The maximum Gasteiger partial charge on any atom is 0.268 e. The number of quaternary nitrogens is 1. The monoisotopic (exact) mass is 785 g/mol. The van der Waals surface area contributed by atoms with Crippen molar-refractivity contribution in [3.05, 3.63) is 24.3 Å². The van der Waals surface area contributed by atoms with E-state index in [4.69, 9.17) is 9.05 Å². The predicted molar refractivity (Wildman–Crippen MR) is 228 cm³/mol. The largest absolute Gasteiger partial charge is 0.756 e. The van der Waals surface area contributed by atoms with Gasteiger partial charge in [0.25, 0.3) is 7.82 Å². The molecule has 320 valence electrons. The first kappa shape index (κ1) is 53.0. The second-order valence-electron chi connectivity index (χ2n) is 16.8. The molecule has 0 bridgehead atoms. The second-order valence-corrected chi connectivity index (χ2v) is 18.2. The van der Waals surface area contributed by atoms with Crippen molar-refractivity contribution >= 4 is 13.7 Å². The molecule has 0 spiro atoms. The molecule has 54 heavy (non-hydrogen) atoms. The highest BCUT2D eigenvalue weighted by atomic mass is 31.2. The van der Waals surface area contributed by atoms with Gasteiger partial charge in [-0.3, -0.25) is 9.36 Å². The van der Waals surface area contributed by atoms with Crippen molar-refractivity contribution in [2.45, 2.75) is 219 Å². The summed E-state index contributed by atoms with van der Waals surface area (Å²) < 4.78 is 23.3. The minimum atomic E-state index is -4.56. The molecule has 0 fully saturated rings. The minimum Gasteiger partial charge on any atom is -0.756 e. The number of phosphoric acid groups is 1. The third kappa shape index (κ3) is 39.2. The van der Waals surface area contributed by atoms with Gasteiger partial charge in [-0.25, -0.2) is 0 Å². The van der Waals surface area contributed by atoms with Gasteiger partial charge < -0.3 is 28.8 Å². The molecule has 0 saturated carbocycles. The molecule has 0 aromatic rings. The van der Waals surface area contributed by atoms with Crippen LogP contribution in [0, 0.1) is 0 Å². The van der Waals surface area contributed by atoms with Crippen LogP contribution >= 0.6 is 7.82 Å². The van der Waals surface area contributed by atoms with E-state index in [0.717, 1.165) is 64.2 Å². The Balaban J connectivity index is 4.37. The van der Waals surface area contributed by atoms with Crippen molar-refractivity contribution in [1.29, 1.82) is 0 Å². The number of hydrogen-bond acceptors (Lipinski definition) is 6. The number of likely N-dealkylation sites (N-methyl/N-ethyl adjacent to an activating group) is 1. The Bertz CT molecular complexity index is 938. The molecule has 0 aliphatic heterocycles. The molecule has 8 nitrogen and oxygen atoms in total. The Labute approximate surface area is 334 Å². The highest BCUT2D eigenvalue weighted by Gasteiger charge is 2.24. The van der Waals surface area contributed by atoms with Crippen LogP contribution in [0.4, 0.5) is 0 Å². The van der Waals surface area contributed by atoms with Crippen LogP contribution in [0.3, 0.4) is 0 Å². The van der Waals surface area contributed by atoms with Gasteiger partial charge in [-0.2, -0.15) is 0 Å². The summed E-state index contributed by atoms with van der Waals surface area (Å²) >= 11 is 0. The molecular weight excluding hydrogens is 695 g/mol. The van der Waals surface area contributed by atoms with Crippen molar-refractivity contribution < 1.29 is 32.9 Å². The molecule has 1 amide bonds. The van der Waals surface area contributed by atoms with Crippen LogP contribution in [0.25, 0.3) is 0 Å². The lowest BCUT2D eigenvalue weighted by molar-refractivity contribution is -0.870. The van der Waals surface area contributed by atoms with Gasteiger partial charge in [0.2, 0.25) is 5.91 Å². The summed E-state index contributed by atoms with van der Waals surface area (Å²) in [5.74, 6) is -0.178. The smallest absolute Gasteiger partial charge is 0.268 e. The Morgan fingerprint density at radius 1 is 0.648 bits per heavy atom. The van der Waals surface area contributed by atoms with E-state index in [0.29, 0.717) is 23.9 Å². The minimum absolute atomic E-state index is 0.00986. The highest BCUT2D eigenvalue weighted by molar-refractivity contribution is 7.45. The Hall–Kier alpha value is -1.02. The maximum atomic E-state index is 12.9. The first-order chi connectivity index (χ1) is 26.0. The van der Waals surface area contributed by atoms with Crippen LogP contribution in [0.2, 0.25) is 0 Å². The zero-order valence-corrected chi connectivity index (χ0v) is 37.1. The summed E-state index contributed by atoms with van der Waals surface area (Å²) in [5, 5.41) is 13.9. The number of allylic oxidation sites excluding steroid dienone is 4. The third-order valence-corrected chi connectivity index (χ3v) is 11.2. The zero-order chi connectivity index (χ0) is 40.0. The maximum absolute atomic E-state index is 12.9. The molecule has 0 rings (SSSR count). The van der Waals surface area contributed by atoms with E-state index in [1.165, 1.54) is 116 Å². The number of nitrogens with zero attached hydrogens (tertiary/aromatic N) is 1. The van der Waals surface area contributed by atoms with Gasteiger partial charge in [0, 0.05) is 6.42 Å². The molecule has 3 unspecified atom stereocenters. The van der Waals surface area contributed by atoms with Crippen molar-refractivity contribution in [3.63, 3.8) is 0 Å². The number of aliphatic hydroxyl groups is 1. The van der Waals surface area contributed by atoms with Crippen molar-refractivity contribution in [3.8, 4) is 0 Å². The summed E-state index contributed by atoms with van der Waals surface area (Å²) in [6, 6.07) is -0.805. The Morgan fingerprint density at radius 3 is 1.57 bits per heavy atom. The standard InChI is InChI=1S/C45H89N2O6P/c1-6-8-10-12-14-16-18-20-22-23-25-26-28-30-32-34-36-38-44(48)43(42-53-54(50,51)52-41-40-47(3,4)5)46-45(49)39-37-35-33-31-29-27-24-21-19-17-15-13-11-9-7-2/h15,17,21,24,43-44,48H,6-14,16,18-20,22-23,25-42H2,1-5H3,(H-,46,49,50,51)/b17-15-,24-21-. The molecule has 0 radical (unpaired) electrons. The van der Waals surface area contributed by atoms with Crippen LogP contribution in [0.1, 0.15) is 206 Å². The molecule has 9 heteroatoms. The fourth-order valence-electron chi connectivity index (χ4n) is 6.54. The van der Waals surface area contributed by atoms with Crippen molar-refractivity contribution in [2.24, 2.45) is 0 Å².